The summed E-state index contributed by atoms with van der Waals surface area (Å²) in [4.78, 5) is 39.6. The summed E-state index contributed by atoms with van der Waals surface area (Å²) >= 11 is 0. The lowest BCUT2D eigenvalue weighted by Crippen LogP contribution is -2.63. The Labute approximate surface area is 201 Å². The number of carbonyl (C=O) groups is 2. The van der Waals surface area contributed by atoms with Crippen LogP contribution in [-0.2, 0) is 9.53 Å². The van der Waals surface area contributed by atoms with Gasteiger partial charge in [-0.15, -0.1) is 6.58 Å². The normalized spacial score (nSPS) is 41.7. The Kier molecular flexibility index (Phi) is 6.08. The zero-order chi connectivity index (χ0) is 25.1. The van der Waals surface area contributed by atoms with Crippen LogP contribution in [0.3, 0.4) is 0 Å². The van der Waals surface area contributed by atoms with Crippen molar-refractivity contribution in [2.75, 3.05) is 12.5 Å². The highest BCUT2D eigenvalue weighted by molar-refractivity contribution is 5.89. The zero-order valence-electron chi connectivity index (χ0n) is 21.0. The molecular weight excluding hydrogens is 432 g/mol. The molecule has 0 radical (unpaired) electrons. The Balaban J connectivity index is 1.85. The second kappa shape index (κ2) is 8.36. The summed E-state index contributed by atoms with van der Waals surface area (Å²) in [6, 6.07) is 3.07. The number of hydrogen-bond acceptors (Lipinski definition) is 6. The number of ether oxygens (including phenoxy) is 1. The van der Waals surface area contributed by atoms with Gasteiger partial charge in [-0.1, -0.05) is 33.8 Å². The summed E-state index contributed by atoms with van der Waals surface area (Å²) in [5, 5.41) is 11.6. The van der Waals surface area contributed by atoms with E-state index >= 15 is 0 Å². The first kappa shape index (κ1) is 24.7. The molecule has 186 valence electrons. The van der Waals surface area contributed by atoms with E-state index in [9.17, 15) is 19.5 Å². The molecule has 0 spiro atoms. The molecule has 2 N–H and O–H groups in total. The molecular formula is C27H38N2O5. The van der Waals surface area contributed by atoms with Crippen LogP contribution in [0.15, 0.2) is 35.8 Å². The van der Waals surface area contributed by atoms with Gasteiger partial charge in [0, 0.05) is 36.4 Å². The molecule has 1 aromatic heterocycles. The second-order valence-electron chi connectivity index (χ2n) is 11.3. The molecule has 1 aromatic rings. The van der Waals surface area contributed by atoms with Crippen LogP contribution in [0.5, 0.6) is 0 Å². The highest BCUT2D eigenvalue weighted by Gasteiger charge is 2.68. The van der Waals surface area contributed by atoms with E-state index in [4.69, 9.17) is 4.74 Å². The van der Waals surface area contributed by atoms with Crippen molar-refractivity contribution in [2.45, 2.75) is 72.0 Å². The fourth-order valence-electron chi connectivity index (χ4n) is 7.52. The van der Waals surface area contributed by atoms with Crippen LogP contribution in [0.4, 0.5) is 0 Å². The molecule has 2 unspecified atom stereocenters. The lowest BCUT2D eigenvalue weighted by molar-refractivity contribution is -0.192. The number of aliphatic hydroxyl groups excluding tert-OH is 1. The Morgan fingerprint density at radius 3 is 2.65 bits per heavy atom. The number of esters is 1. The number of nitrogens with zero attached hydrogens (tertiary/aromatic N) is 1. The van der Waals surface area contributed by atoms with Gasteiger partial charge in [0.15, 0.2) is 0 Å². The summed E-state index contributed by atoms with van der Waals surface area (Å²) in [6.45, 7) is 12.3. The van der Waals surface area contributed by atoms with E-state index in [1.54, 1.807) is 19.2 Å². The van der Waals surface area contributed by atoms with Crippen molar-refractivity contribution in [1.29, 1.82) is 0 Å². The smallest absolute Gasteiger partial charge is 0.344 e. The Bertz CT molecular complexity index is 1070. The van der Waals surface area contributed by atoms with Crippen LogP contribution in [0.2, 0.25) is 0 Å². The zero-order valence-corrected chi connectivity index (χ0v) is 21.0. The third-order valence-corrected chi connectivity index (χ3v) is 9.96. The first-order chi connectivity index (χ1) is 16.0. The molecule has 3 aliphatic carbocycles. The van der Waals surface area contributed by atoms with Crippen molar-refractivity contribution in [3.05, 3.63) is 46.9 Å². The Morgan fingerprint density at radius 1 is 1.29 bits per heavy atom. The van der Waals surface area contributed by atoms with E-state index in [1.807, 2.05) is 6.92 Å². The average Bonchev–Trinajstić information content (AvgIpc) is 3.17. The molecule has 7 nitrogen and oxygen atoms in total. The molecule has 3 fully saturated rings. The average molecular weight is 471 g/mol. The lowest BCUT2D eigenvalue weighted by Gasteiger charge is -2.61. The fraction of sp³-hybridized carbons (Fsp3) is 0.667. The molecule has 0 aromatic carbocycles. The van der Waals surface area contributed by atoms with E-state index in [1.165, 1.54) is 16.9 Å². The molecule has 8 atom stereocenters. The van der Waals surface area contributed by atoms with E-state index in [2.05, 4.69) is 32.8 Å². The first-order valence-corrected chi connectivity index (χ1v) is 12.4. The van der Waals surface area contributed by atoms with Crippen molar-refractivity contribution >= 4 is 11.8 Å². The largest absolute Gasteiger partial charge is 0.458 e. The standard InChI is InChI=1S/C27H38N2O5/c1-7-25(4)15-20(34-24(33)18-9-8-14-29(28-6)23(18)32)26(5)16(2)10-12-27(17(3)22(25)31)13-11-19(30)21(26)27/h7-9,14,16-17,20-22,28,31H,1,10-13,15H2,2-6H3/t16?,17-,20+,21?,22-,25+,26-,27-/m0/s1. The quantitative estimate of drug-likeness (QED) is 0.516. The summed E-state index contributed by atoms with van der Waals surface area (Å²) in [6.07, 6.45) is 5.26. The van der Waals surface area contributed by atoms with Crippen molar-refractivity contribution in [2.24, 2.45) is 34.0 Å². The number of aliphatic hydroxyl groups is 1. The number of ketones is 1. The van der Waals surface area contributed by atoms with Gasteiger partial charge in [-0.05, 0) is 55.1 Å². The van der Waals surface area contributed by atoms with Gasteiger partial charge in [-0.25, -0.2) is 9.47 Å². The Morgan fingerprint density at radius 2 is 2.00 bits per heavy atom. The van der Waals surface area contributed by atoms with Gasteiger partial charge in [-0.3, -0.25) is 9.59 Å². The molecule has 34 heavy (non-hydrogen) atoms. The fourth-order valence-corrected chi connectivity index (χ4v) is 7.52. The SMILES string of the molecule is C=C[C@]1(C)C[C@@H](OC(=O)c2cccn(NC)c2=O)[C@]2(C)C(C)CC[C@]3(CCC(=O)C32)[C@@H](C)[C@@H]1O. The topological polar surface area (TPSA) is 97.6 Å². The molecule has 7 heteroatoms. The van der Waals surface area contributed by atoms with Crippen molar-refractivity contribution in [3.63, 3.8) is 0 Å². The molecule has 3 aliphatic rings. The highest BCUT2D eigenvalue weighted by atomic mass is 16.5. The molecule has 0 aliphatic heterocycles. The van der Waals surface area contributed by atoms with Gasteiger partial charge in [0.05, 0.1) is 6.10 Å². The van der Waals surface area contributed by atoms with Gasteiger partial charge < -0.3 is 15.3 Å². The molecule has 0 amide bonds. The minimum atomic E-state index is -0.726. The maximum Gasteiger partial charge on any atom is 0.344 e. The number of aromatic nitrogens is 1. The van der Waals surface area contributed by atoms with Crippen LogP contribution in [0.25, 0.3) is 0 Å². The van der Waals surface area contributed by atoms with Gasteiger partial charge in [0.1, 0.15) is 17.5 Å². The number of nitrogens with one attached hydrogen (secondary N) is 1. The van der Waals surface area contributed by atoms with E-state index in [0.29, 0.717) is 12.8 Å². The summed E-state index contributed by atoms with van der Waals surface area (Å²) in [5.41, 5.74) is 0.515. The third-order valence-electron chi connectivity index (χ3n) is 9.96. The van der Waals surface area contributed by atoms with Crippen molar-refractivity contribution in [3.8, 4) is 0 Å². The van der Waals surface area contributed by atoms with Crippen LogP contribution in [-0.4, -0.2) is 40.8 Å². The monoisotopic (exact) mass is 470 g/mol. The van der Waals surface area contributed by atoms with Gasteiger partial charge in [-0.2, -0.15) is 0 Å². The summed E-state index contributed by atoms with van der Waals surface area (Å²) < 4.78 is 7.42. The van der Waals surface area contributed by atoms with Crippen LogP contribution >= 0.6 is 0 Å². The van der Waals surface area contributed by atoms with Gasteiger partial charge in [0.25, 0.3) is 5.56 Å². The predicted octanol–water partition coefficient (Wildman–Crippen LogP) is 3.54. The van der Waals surface area contributed by atoms with E-state index in [0.717, 1.165) is 19.3 Å². The number of Topliss-reactive ketones (excluding diaryl/α,β-unsaturated/α-hetero) is 1. The molecule has 1 heterocycles. The van der Waals surface area contributed by atoms with Crippen molar-refractivity contribution < 1.29 is 19.4 Å². The van der Waals surface area contributed by atoms with Crippen LogP contribution in [0.1, 0.15) is 70.2 Å². The molecule has 0 saturated heterocycles. The maximum absolute atomic E-state index is 13.5. The molecule has 2 bridgehead atoms. The summed E-state index contributed by atoms with van der Waals surface area (Å²) in [7, 11) is 1.60. The maximum atomic E-state index is 13.5. The lowest BCUT2D eigenvalue weighted by atomic mass is 9.44. The number of rotatable bonds is 4. The predicted molar refractivity (Wildman–Crippen MR) is 130 cm³/mol. The minimum absolute atomic E-state index is 0.0655. The van der Waals surface area contributed by atoms with E-state index in [-0.39, 0.29) is 34.5 Å². The minimum Gasteiger partial charge on any atom is -0.458 e. The highest BCUT2D eigenvalue weighted by Crippen LogP contribution is 2.68. The van der Waals surface area contributed by atoms with Crippen molar-refractivity contribution in [1.82, 2.24) is 4.68 Å². The van der Waals surface area contributed by atoms with Gasteiger partial charge >= 0.3 is 5.97 Å². The second-order valence-corrected chi connectivity index (χ2v) is 11.3. The molecule has 3 saturated carbocycles. The number of carbonyl (C=O) groups excluding carboxylic acids is 2. The van der Waals surface area contributed by atoms with Crippen LogP contribution < -0.4 is 11.0 Å². The molecule has 4 rings (SSSR count). The van der Waals surface area contributed by atoms with E-state index < -0.39 is 34.6 Å². The Hall–Kier alpha value is -2.41. The van der Waals surface area contributed by atoms with Crippen LogP contribution in [0, 0.1) is 34.0 Å². The number of pyridine rings is 1. The summed E-state index contributed by atoms with van der Waals surface area (Å²) in [5.74, 6) is -0.762. The number of hydrogen-bond donors (Lipinski definition) is 2. The van der Waals surface area contributed by atoms with Gasteiger partial charge in [0.2, 0.25) is 0 Å². The third kappa shape index (κ3) is 3.30. The first-order valence-electron chi connectivity index (χ1n) is 12.4.